The monoisotopic (exact) mass is 220 g/mol. The molecule has 0 bridgehead atoms. The van der Waals surface area contributed by atoms with Crippen LogP contribution in [0.25, 0.3) is 0 Å². The molecule has 2 nitrogen and oxygen atoms in total. The van der Waals surface area contributed by atoms with Crippen molar-refractivity contribution in [2.24, 2.45) is 5.92 Å². The highest BCUT2D eigenvalue weighted by Gasteiger charge is 2.11. The predicted octanol–water partition coefficient (Wildman–Crippen LogP) is 3.30. The van der Waals surface area contributed by atoms with Crippen molar-refractivity contribution < 1.29 is 9.53 Å². The van der Waals surface area contributed by atoms with Gasteiger partial charge in [0.15, 0.2) is 5.78 Å². The van der Waals surface area contributed by atoms with Crippen LogP contribution in [0, 0.1) is 19.8 Å². The first-order valence-corrected chi connectivity index (χ1v) is 5.76. The molecule has 0 aliphatic rings. The van der Waals surface area contributed by atoms with Crippen molar-refractivity contribution in [1.82, 2.24) is 0 Å². The highest BCUT2D eigenvalue weighted by atomic mass is 16.5. The fourth-order valence-corrected chi connectivity index (χ4v) is 1.54. The maximum atomic E-state index is 11.6. The van der Waals surface area contributed by atoms with Crippen molar-refractivity contribution in [3.63, 3.8) is 0 Å². The molecule has 16 heavy (non-hydrogen) atoms. The molecule has 0 aliphatic carbocycles. The van der Waals surface area contributed by atoms with Crippen LogP contribution in [-0.2, 0) is 4.79 Å². The molecular weight excluding hydrogens is 200 g/mol. The first-order valence-electron chi connectivity index (χ1n) is 5.76. The third-order valence-corrected chi connectivity index (χ3v) is 2.74. The molecule has 0 amide bonds. The molecule has 0 radical (unpaired) electrons. The topological polar surface area (TPSA) is 26.3 Å². The van der Waals surface area contributed by atoms with Gasteiger partial charge < -0.3 is 4.74 Å². The average Bonchev–Trinajstić information content (AvgIpc) is 2.23. The summed E-state index contributed by atoms with van der Waals surface area (Å²) in [4.78, 5) is 11.6. The Hall–Kier alpha value is -1.31. The number of ether oxygens (including phenoxy) is 1. The lowest BCUT2D eigenvalue weighted by atomic mass is 10.0. The second-order valence-corrected chi connectivity index (χ2v) is 4.39. The molecule has 0 saturated heterocycles. The largest absolute Gasteiger partial charge is 0.486 e. The van der Waals surface area contributed by atoms with Crippen LogP contribution in [0.15, 0.2) is 18.2 Å². The summed E-state index contributed by atoms with van der Waals surface area (Å²) in [5.41, 5.74) is 2.32. The molecule has 0 heterocycles. The van der Waals surface area contributed by atoms with E-state index < -0.39 is 0 Å². The molecule has 1 atom stereocenters. The van der Waals surface area contributed by atoms with Crippen molar-refractivity contribution in [1.29, 1.82) is 0 Å². The highest BCUT2D eigenvalue weighted by Crippen LogP contribution is 2.16. The summed E-state index contributed by atoms with van der Waals surface area (Å²) in [7, 11) is 0. The molecule has 2 heteroatoms. The minimum absolute atomic E-state index is 0.0888. The summed E-state index contributed by atoms with van der Waals surface area (Å²) in [6.45, 7) is 8.18. The number of ketones is 1. The van der Waals surface area contributed by atoms with E-state index in [1.54, 1.807) is 0 Å². The van der Waals surface area contributed by atoms with Gasteiger partial charge >= 0.3 is 0 Å². The van der Waals surface area contributed by atoms with Crippen LogP contribution in [0.1, 0.15) is 31.4 Å². The molecule has 1 unspecified atom stereocenters. The van der Waals surface area contributed by atoms with E-state index in [-0.39, 0.29) is 18.3 Å². The molecule has 0 aliphatic heterocycles. The number of benzene rings is 1. The van der Waals surface area contributed by atoms with E-state index in [2.05, 4.69) is 6.07 Å². The number of carbonyl (C=O) groups is 1. The van der Waals surface area contributed by atoms with Gasteiger partial charge in [-0.1, -0.05) is 19.9 Å². The van der Waals surface area contributed by atoms with Crippen LogP contribution >= 0.6 is 0 Å². The lowest BCUT2D eigenvalue weighted by molar-refractivity contribution is -0.124. The maximum Gasteiger partial charge on any atom is 0.172 e. The van der Waals surface area contributed by atoms with E-state index in [1.807, 2.05) is 39.8 Å². The Morgan fingerprint density at radius 2 is 1.81 bits per heavy atom. The summed E-state index contributed by atoms with van der Waals surface area (Å²) < 4.78 is 5.50. The summed E-state index contributed by atoms with van der Waals surface area (Å²) >= 11 is 0. The minimum atomic E-state index is 0.0888. The number of hydrogen-bond donors (Lipinski definition) is 0. The summed E-state index contributed by atoms with van der Waals surface area (Å²) in [6.07, 6.45) is 0.870. The lowest BCUT2D eigenvalue weighted by Crippen LogP contribution is -2.18. The highest BCUT2D eigenvalue weighted by molar-refractivity contribution is 5.82. The summed E-state index contributed by atoms with van der Waals surface area (Å²) in [5, 5.41) is 0. The molecule has 0 aromatic heterocycles. The van der Waals surface area contributed by atoms with E-state index in [0.29, 0.717) is 0 Å². The first kappa shape index (κ1) is 12.8. The van der Waals surface area contributed by atoms with Crippen LogP contribution in [0.4, 0.5) is 0 Å². The van der Waals surface area contributed by atoms with Crippen LogP contribution in [0.5, 0.6) is 5.75 Å². The summed E-state index contributed by atoms with van der Waals surface area (Å²) in [5.74, 6) is 1.04. The van der Waals surface area contributed by atoms with Gasteiger partial charge in [-0.15, -0.1) is 0 Å². The van der Waals surface area contributed by atoms with Crippen molar-refractivity contribution in [3.8, 4) is 5.75 Å². The molecule has 0 saturated carbocycles. The number of carbonyl (C=O) groups excluding carboxylic acids is 1. The van der Waals surface area contributed by atoms with E-state index in [1.165, 1.54) is 0 Å². The number of hydrogen-bond acceptors (Lipinski definition) is 2. The number of Topliss-reactive ketones (excluding diaryl/α,β-unsaturated/α-hetero) is 1. The van der Waals surface area contributed by atoms with Crippen LogP contribution < -0.4 is 4.74 Å². The van der Waals surface area contributed by atoms with Crippen LogP contribution in [0.2, 0.25) is 0 Å². The maximum absolute atomic E-state index is 11.6. The lowest BCUT2D eigenvalue weighted by Gasteiger charge is -2.10. The normalized spacial score (nSPS) is 12.2. The molecule has 0 N–H and O–H groups in total. The fraction of sp³-hybridized carbons (Fsp3) is 0.500. The van der Waals surface area contributed by atoms with Gasteiger partial charge in [0.1, 0.15) is 12.4 Å². The minimum Gasteiger partial charge on any atom is -0.486 e. The third kappa shape index (κ3) is 3.69. The molecule has 1 aromatic rings. The Bertz CT molecular complexity index is 349. The van der Waals surface area contributed by atoms with Gasteiger partial charge in [0.25, 0.3) is 0 Å². The SMILES string of the molecule is CCC(C)C(=O)COc1cc(C)cc(C)c1. The van der Waals surface area contributed by atoms with Crippen molar-refractivity contribution in [3.05, 3.63) is 29.3 Å². The number of rotatable bonds is 5. The van der Waals surface area contributed by atoms with Crippen molar-refractivity contribution in [2.45, 2.75) is 34.1 Å². The zero-order valence-corrected chi connectivity index (χ0v) is 10.5. The Morgan fingerprint density at radius 3 is 2.31 bits per heavy atom. The smallest absolute Gasteiger partial charge is 0.172 e. The third-order valence-electron chi connectivity index (χ3n) is 2.74. The van der Waals surface area contributed by atoms with Gasteiger partial charge in [-0.2, -0.15) is 0 Å². The van der Waals surface area contributed by atoms with Gasteiger partial charge in [0, 0.05) is 5.92 Å². The fourth-order valence-electron chi connectivity index (χ4n) is 1.54. The Morgan fingerprint density at radius 1 is 1.25 bits per heavy atom. The van der Waals surface area contributed by atoms with Gasteiger partial charge in [-0.25, -0.2) is 0 Å². The van der Waals surface area contributed by atoms with Crippen molar-refractivity contribution in [2.75, 3.05) is 6.61 Å². The Labute approximate surface area is 97.6 Å². The van der Waals surface area contributed by atoms with Crippen LogP contribution in [0.3, 0.4) is 0 Å². The van der Waals surface area contributed by atoms with E-state index in [4.69, 9.17) is 4.74 Å². The molecule has 0 fully saturated rings. The Kier molecular flexibility index (Phi) is 4.53. The van der Waals surface area contributed by atoms with E-state index in [0.717, 1.165) is 23.3 Å². The van der Waals surface area contributed by atoms with E-state index >= 15 is 0 Å². The molecule has 88 valence electrons. The molecular formula is C14H20O2. The van der Waals surface area contributed by atoms with Crippen molar-refractivity contribution >= 4 is 5.78 Å². The van der Waals surface area contributed by atoms with E-state index in [9.17, 15) is 4.79 Å². The first-order chi connectivity index (χ1) is 7.52. The van der Waals surface area contributed by atoms with Gasteiger partial charge in [-0.3, -0.25) is 4.79 Å². The van der Waals surface area contributed by atoms with Crippen LogP contribution in [-0.4, -0.2) is 12.4 Å². The average molecular weight is 220 g/mol. The van der Waals surface area contributed by atoms with Gasteiger partial charge in [0.05, 0.1) is 0 Å². The summed E-state index contributed by atoms with van der Waals surface area (Å²) in [6, 6.07) is 6.00. The molecule has 0 spiro atoms. The van der Waals surface area contributed by atoms with Gasteiger partial charge in [0.2, 0.25) is 0 Å². The second-order valence-electron chi connectivity index (χ2n) is 4.39. The predicted molar refractivity (Wildman–Crippen MR) is 65.9 cm³/mol. The quantitative estimate of drug-likeness (QED) is 0.761. The Balaban J connectivity index is 2.58. The standard InChI is InChI=1S/C14H20O2/c1-5-12(4)14(15)9-16-13-7-10(2)6-11(3)8-13/h6-8,12H,5,9H2,1-4H3. The zero-order valence-electron chi connectivity index (χ0n) is 10.5. The zero-order chi connectivity index (χ0) is 12.1. The molecule has 1 aromatic carbocycles. The molecule has 1 rings (SSSR count). The van der Waals surface area contributed by atoms with Gasteiger partial charge in [-0.05, 0) is 43.5 Å². The number of aryl methyl sites for hydroxylation is 2. The second kappa shape index (κ2) is 5.69.